The van der Waals surface area contributed by atoms with Crippen LogP contribution in [0.3, 0.4) is 0 Å². The Morgan fingerprint density at radius 3 is 2.86 bits per heavy atom. The van der Waals surface area contributed by atoms with Crippen molar-refractivity contribution in [1.29, 1.82) is 0 Å². The molecule has 1 saturated heterocycles. The predicted molar refractivity (Wildman–Crippen MR) is 77.9 cm³/mol. The van der Waals surface area contributed by atoms with Gasteiger partial charge in [-0.1, -0.05) is 12.1 Å². The molecule has 5 nitrogen and oxygen atoms in total. The smallest absolute Gasteiger partial charge is 0.254 e. The summed E-state index contributed by atoms with van der Waals surface area (Å²) in [5.41, 5.74) is 8.54. The first-order chi connectivity index (χ1) is 10.1. The molecular weight excluding hydrogens is 268 g/mol. The Kier molecular flexibility index (Phi) is 3.68. The molecule has 2 amide bonds. The van der Waals surface area contributed by atoms with E-state index in [1.807, 2.05) is 12.1 Å². The monoisotopic (exact) mass is 288 g/mol. The van der Waals surface area contributed by atoms with E-state index in [4.69, 9.17) is 10.5 Å². The zero-order valence-electron chi connectivity index (χ0n) is 12.2. The number of fused-ring (bicyclic) bond motifs is 1. The number of amides is 2. The normalized spacial score (nSPS) is 24.1. The highest BCUT2D eigenvalue weighted by atomic mass is 16.5. The van der Waals surface area contributed by atoms with Gasteiger partial charge >= 0.3 is 0 Å². The first kappa shape index (κ1) is 14.1. The third-order valence-electron chi connectivity index (χ3n) is 4.56. The van der Waals surface area contributed by atoms with Crippen molar-refractivity contribution in [2.24, 2.45) is 5.73 Å². The minimum absolute atomic E-state index is 0.0999. The fraction of sp³-hybridized carbons (Fsp3) is 0.500. The fourth-order valence-electron chi connectivity index (χ4n) is 3.44. The second-order valence-corrected chi connectivity index (χ2v) is 5.77. The number of hydrogen-bond acceptors (Lipinski definition) is 3. The molecule has 2 aliphatic rings. The molecule has 0 aromatic heterocycles. The molecule has 1 fully saturated rings. The van der Waals surface area contributed by atoms with Crippen molar-refractivity contribution in [3.8, 4) is 0 Å². The molecular formula is C16H20N2O3. The Labute approximate surface area is 124 Å². The maximum absolute atomic E-state index is 12.8. The molecule has 1 aromatic rings. The number of methoxy groups -OCH3 is 1. The summed E-state index contributed by atoms with van der Waals surface area (Å²) in [6.45, 7) is 0.423. The van der Waals surface area contributed by atoms with Crippen LogP contribution >= 0.6 is 0 Å². The summed E-state index contributed by atoms with van der Waals surface area (Å²) < 4.78 is 5.30. The zero-order valence-corrected chi connectivity index (χ0v) is 12.2. The number of primary amides is 1. The minimum Gasteiger partial charge on any atom is -0.380 e. The SMILES string of the molecule is CO[C@H]1C[C@@H](C(N)=O)N(C(=O)c2cccc3c2CCC3)C1. The number of nitrogens with two attached hydrogens (primary N) is 1. The van der Waals surface area contributed by atoms with Crippen LogP contribution < -0.4 is 5.73 Å². The van der Waals surface area contributed by atoms with Gasteiger partial charge in [-0.05, 0) is 36.5 Å². The van der Waals surface area contributed by atoms with Gasteiger partial charge in [-0.2, -0.15) is 0 Å². The summed E-state index contributed by atoms with van der Waals surface area (Å²) in [5.74, 6) is -0.562. The van der Waals surface area contributed by atoms with E-state index in [0.717, 1.165) is 24.8 Å². The third-order valence-corrected chi connectivity index (χ3v) is 4.56. The Balaban J connectivity index is 1.91. The summed E-state index contributed by atoms with van der Waals surface area (Å²) in [6.07, 6.45) is 3.39. The Morgan fingerprint density at radius 2 is 2.14 bits per heavy atom. The molecule has 0 saturated carbocycles. The highest BCUT2D eigenvalue weighted by molar-refractivity contribution is 5.99. The van der Waals surface area contributed by atoms with Crippen LogP contribution in [0.15, 0.2) is 18.2 Å². The van der Waals surface area contributed by atoms with Crippen LogP contribution in [0.25, 0.3) is 0 Å². The lowest BCUT2D eigenvalue weighted by molar-refractivity contribution is -0.121. The van der Waals surface area contributed by atoms with E-state index in [1.165, 1.54) is 5.56 Å². The fourth-order valence-corrected chi connectivity index (χ4v) is 3.44. The van der Waals surface area contributed by atoms with Gasteiger partial charge in [0.25, 0.3) is 5.91 Å². The van der Waals surface area contributed by atoms with Gasteiger partial charge in [0.2, 0.25) is 5.91 Å². The Morgan fingerprint density at radius 1 is 1.33 bits per heavy atom. The zero-order chi connectivity index (χ0) is 15.0. The highest BCUT2D eigenvalue weighted by Crippen LogP contribution is 2.29. The third kappa shape index (κ3) is 2.42. The van der Waals surface area contributed by atoms with E-state index >= 15 is 0 Å². The Hall–Kier alpha value is -1.88. The first-order valence-electron chi connectivity index (χ1n) is 7.35. The van der Waals surface area contributed by atoms with Crippen LogP contribution in [0.2, 0.25) is 0 Å². The van der Waals surface area contributed by atoms with Gasteiger partial charge in [-0.25, -0.2) is 0 Å². The first-order valence-corrected chi connectivity index (χ1v) is 7.35. The number of carbonyl (C=O) groups excluding carboxylic acids is 2. The molecule has 21 heavy (non-hydrogen) atoms. The predicted octanol–water partition coefficient (Wildman–Crippen LogP) is 0.890. The molecule has 3 rings (SSSR count). The number of benzene rings is 1. The van der Waals surface area contributed by atoms with Crippen LogP contribution in [0.5, 0.6) is 0 Å². The quantitative estimate of drug-likeness (QED) is 0.897. The largest absolute Gasteiger partial charge is 0.380 e. The van der Waals surface area contributed by atoms with E-state index in [9.17, 15) is 9.59 Å². The number of carbonyl (C=O) groups is 2. The lowest BCUT2D eigenvalue weighted by atomic mass is 10.0. The standard InChI is InChI=1S/C16H20N2O3/c1-21-11-8-14(15(17)19)18(9-11)16(20)13-7-3-5-10-4-2-6-12(10)13/h3,5,7,11,14H,2,4,6,8-9H2,1H3,(H2,17,19)/t11-,14-/m0/s1. The molecule has 2 N–H and O–H groups in total. The van der Waals surface area contributed by atoms with Crippen molar-refractivity contribution in [2.45, 2.75) is 37.8 Å². The maximum Gasteiger partial charge on any atom is 0.254 e. The molecule has 0 unspecified atom stereocenters. The second kappa shape index (κ2) is 5.48. The van der Waals surface area contributed by atoms with Gasteiger partial charge in [0.1, 0.15) is 6.04 Å². The molecule has 5 heteroatoms. The molecule has 1 heterocycles. The number of hydrogen-bond donors (Lipinski definition) is 1. The number of nitrogens with zero attached hydrogens (tertiary/aromatic N) is 1. The highest BCUT2D eigenvalue weighted by Gasteiger charge is 2.39. The maximum atomic E-state index is 12.8. The van der Waals surface area contributed by atoms with Gasteiger partial charge in [0.15, 0.2) is 0 Å². The topological polar surface area (TPSA) is 72.6 Å². The number of rotatable bonds is 3. The summed E-state index contributed by atoms with van der Waals surface area (Å²) in [5, 5.41) is 0. The molecule has 1 aliphatic carbocycles. The van der Waals surface area contributed by atoms with Crippen LogP contribution in [-0.4, -0.2) is 42.5 Å². The molecule has 1 aliphatic heterocycles. The Bertz CT molecular complexity index is 585. The van der Waals surface area contributed by atoms with E-state index in [-0.39, 0.29) is 12.0 Å². The molecule has 1 aromatic carbocycles. The summed E-state index contributed by atoms with van der Waals surface area (Å²) in [4.78, 5) is 26.0. The summed E-state index contributed by atoms with van der Waals surface area (Å²) >= 11 is 0. The summed E-state index contributed by atoms with van der Waals surface area (Å²) in [6, 6.07) is 5.28. The molecule has 0 bridgehead atoms. The number of aryl methyl sites for hydroxylation is 1. The van der Waals surface area contributed by atoms with Crippen molar-refractivity contribution in [2.75, 3.05) is 13.7 Å². The minimum atomic E-state index is -0.570. The van der Waals surface area contributed by atoms with Crippen molar-refractivity contribution in [3.05, 3.63) is 34.9 Å². The van der Waals surface area contributed by atoms with Crippen LogP contribution in [-0.2, 0) is 22.4 Å². The van der Waals surface area contributed by atoms with E-state index in [0.29, 0.717) is 18.5 Å². The van der Waals surface area contributed by atoms with Gasteiger partial charge < -0.3 is 15.4 Å². The van der Waals surface area contributed by atoms with Crippen molar-refractivity contribution in [3.63, 3.8) is 0 Å². The number of likely N-dealkylation sites (tertiary alicyclic amines) is 1. The average molecular weight is 288 g/mol. The lowest BCUT2D eigenvalue weighted by Crippen LogP contribution is -2.44. The molecule has 0 radical (unpaired) electrons. The van der Waals surface area contributed by atoms with Crippen LogP contribution in [0.1, 0.15) is 34.3 Å². The van der Waals surface area contributed by atoms with Gasteiger partial charge in [-0.3, -0.25) is 9.59 Å². The lowest BCUT2D eigenvalue weighted by Gasteiger charge is -2.23. The summed E-state index contributed by atoms with van der Waals surface area (Å²) in [7, 11) is 1.59. The van der Waals surface area contributed by atoms with Gasteiger partial charge in [-0.15, -0.1) is 0 Å². The van der Waals surface area contributed by atoms with Crippen molar-refractivity contribution < 1.29 is 14.3 Å². The van der Waals surface area contributed by atoms with Gasteiger partial charge in [0.05, 0.1) is 6.10 Å². The van der Waals surface area contributed by atoms with Crippen LogP contribution in [0, 0.1) is 0 Å². The van der Waals surface area contributed by atoms with E-state index in [2.05, 4.69) is 6.07 Å². The average Bonchev–Trinajstić information content (AvgIpc) is 3.12. The van der Waals surface area contributed by atoms with Crippen molar-refractivity contribution in [1.82, 2.24) is 4.90 Å². The molecule has 0 spiro atoms. The van der Waals surface area contributed by atoms with Gasteiger partial charge in [0, 0.05) is 25.6 Å². The van der Waals surface area contributed by atoms with E-state index < -0.39 is 11.9 Å². The molecule has 112 valence electrons. The second-order valence-electron chi connectivity index (χ2n) is 5.77. The van der Waals surface area contributed by atoms with E-state index in [1.54, 1.807) is 12.0 Å². The van der Waals surface area contributed by atoms with Crippen molar-refractivity contribution >= 4 is 11.8 Å². The van der Waals surface area contributed by atoms with Crippen LogP contribution in [0.4, 0.5) is 0 Å². The number of ether oxygens (including phenoxy) is 1. The molecule has 2 atom stereocenters.